The molecule has 1 aromatic rings. The zero-order chi connectivity index (χ0) is 17.0. The number of amides is 1. The normalized spacial score (nSPS) is 17.3. The summed E-state index contributed by atoms with van der Waals surface area (Å²) in [6, 6.07) is 7.24. The molecule has 1 aliphatic carbocycles. The number of benzene rings is 1. The molecular weight excluding hydrogens is 300 g/mol. The number of ether oxygens (including phenoxy) is 1. The second-order valence-corrected chi connectivity index (χ2v) is 6.50. The van der Waals surface area contributed by atoms with Crippen LogP contribution in [0, 0.1) is 0 Å². The molecule has 24 heavy (non-hydrogen) atoms. The van der Waals surface area contributed by atoms with Crippen molar-refractivity contribution in [3.8, 4) is 5.75 Å². The maximum absolute atomic E-state index is 12.3. The minimum Gasteiger partial charge on any atom is -0.496 e. The van der Waals surface area contributed by atoms with Gasteiger partial charge in [0.2, 0.25) is 0 Å². The first-order valence-corrected chi connectivity index (χ1v) is 9.30. The van der Waals surface area contributed by atoms with Crippen LogP contribution in [0.25, 0.3) is 0 Å². The number of nitrogens with zero attached hydrogens (tertiary/aromatic N) is 1. The molecule has 4 heteroatoms. The highest BCUT2D eigenvalue weighted by molar-refractivity contribution is 5.97. The van der Waals surface area contributed by atoms with Crippen molar-refractivity contribution >= 4 is 11.6 Å². The van der Waals surface area contributed by atoms with Crippen molar-refractivity contribution < 1.29 is 9.53 Å². The van der Waals surface area contributed by atoms with Crippen molar-refractivity contribution in [1.29, 1.82) is 0 Å². The smallest absolute Gasteiger partial charge is 0.275 e. The molecule has 1 saturated carbocycles. The molecule has 1 fully saturated rings. The van der Waals surface area contributed by atoms with Gasteiger partial charge in [-0.1, -0.05) is 57.1 Å². The maximum atomic E-state index is 12.3. The number of hydrogen-bond acceptors (Lipinski definition) is 3. The highest BCUT2D eigenvalue weighted by Crippen LogP contribution is 2.18. The van der Waals surface area contributed by atoms with Crippen LogP contribution in [0.15, 0.2) is 29.4 Å². The number of rotatable bonds is 3. The van der Waals surface area contributed by atoms with Gasteiger partial charge >= 0.3 is 0 Å². The molecule has 0 radical (unpaired) electrons. The number of nitrogens with one attached hydrogen (secondary N) is 1. The van der Waals surface area contributed by atoms with Crippen LogP contribution in [0.1, 0.15) is 81.0 Å². The lowest BCUT2D eigenvalue weighted by Crippen LogP contribution is -2.20. The number of hydrazone groups is 1. The molecule has 0 atom stereocenters. The summed E-state index contributed by atoms with van der Waals surface area (Å²) in [7, 11) is 1.57. The van der Waals surface area contributed by atoms with E-state index in [1.807, 2.05) is 12.1 Å². The van der Waals surface area contributed by atoms with Crippen molar-refractivity contribution in [2.45, 2.75) is 70.6 Å². The number of carbonyl (C=O) groups excluding carboxylic acids is 1. The molecule has 0 bridgehead atoms. The Kier molecular flexibility index (Phi) is 8.36. The van der Waals surface area contributed by atoms with Gasteiger partial charge in [-0.2, -0.15) is 5.10 Å². The average Bonchev–Trinajstić information content (AvgIpc) is 2.61. The Balaban J connectivity index is 1.94. The quantitative estimate of drug-likeness (QED) is 0.785. The Bertz CT molecular complexity index is 526. The van der Waals surface area contributed by atoms with Crippen LogP contribution in [0.2, 0.25) is 0 Å². The zero-order valence-electron chi connectivity index (χ0n) is 14.9. The van der Waals surface area contributed by atoms with Crippen LogP contribution in [-0.2, 0) is 0 Å². The molecule has 1 aromatic carbocycles. The standard InChI is InChI=1S/C20H30N2O2/c1-24-19-16-12-11-15-18(19)20(23)22-21-17-13-9-7-5-3-2-4-6-8-10-14-17/h11-12,15-16H,2-10,13-14H2,1H3,(H,22,23). The van der Waals surface area contributed by atoms with Gasteiger partial charge in [-0.05, 0) is 37.8 Å². The van der Waals surface area contributed by atoms with E-state index in [9.17, 15) is 4.79 Å². The Morgan fingerprint density at radius 3 is 2.04 bits per heavy atom. The van der Waals surface area contributed by atoms with E-state index in [1.54, 1.807) is 19.2 Å². The van der Waals surface area contributed by atoms with Gasteiger partial charge in [0.25, 0.3) is 5.91 Å². The molecule has 0 aliphatic heterocycles. The molecule has 1 aliphatic rings. The Hall–Kier alpha value is -1.84. The monoisotopic (exact) mass is 330 g/mol. The fourth-order valence-electron chi connectivity index (χ4n) is 3.15. The Labute approximate surface area is 145 Å². The van der Waals surface area contributed by atoms with E-state index in [2.05, 4.69) is 10.5 Å². The van der Waals surface area contributed by atoms with E-state index in [4.69, 9.17) is 4.74 Å². The summed E-state index contributed by atoms with van der Waals surface area (Å²) in [5.74, 6) is 0.375. The second-order valence-electron chi connectivity index (χ2n) is 6.50. The first-order chi connectivity index (χ1) is 11.8. The fourth-order valence-corrected chi connectivity index (χ4v) is 3.15. The fraction of sp³-hybridized carbons (Fsp3) is 0.600. The second kappa shape index (κ2) is 10.8. The minimum atomic E-state index is -0.203. The highest BCUT2D eigenvalue weighted by Gasteiger charge is 2.11. The SMILES string of the molecule is COc1ccccc1C(=O)NN=C1CCCCCCCCCCC1. The number of methoxy groups -OCH3 is 1. The molecule has 0 unspecified atom stereocenters. The minimum absolute atomic E-state index is 0.203. The summed E-state index contributed by atoms with van der Waals surface area (Å²) >= 11 is 0. The topological polar surface area (TPSA) is 50.7 Å². The summed E-state index contributed by atoms with van der Waals surface area (Å²) in [6.45, 7) is 0. The van der Waals surface area contributed by atoms with E-state index in [1.165, 1.54) is 57.8 Å². The molecule has 132 valence electrons. The van der Waals surface area contributed by atoms with Crippen molar-refractivity contribution in [2.75, 3.05) is 7.11 Å². The maximum Gasteiger partial charge on any atom is 0.275 e. The number of carbonyl (C=O) groups is 1. The van der Waals surface area contributed by atoms with Gasteiger partial charge in [-0.25, -0.2) is 5.43 Å². The van der Waals surface area contributed by atoms with E-state index in [0.717, 1.165) is 18.6 Å². The van der Waals surface area contributed by atoms with Crippen LogP contribution in [0.4, 0.5) is 0 Å². The molecular formula is C20H30N2O2. The third-order valence-electron chi connectivity index (χ3n) is 4.60. The van der Waals surface area contributed by atoms with Gasteiger partial charge in [-0.3, -0.25) is 4.79 Å². The van der Waals surface area contributed by atoms with Crippen LogP contribution < -0.4 is 10.2 Å². The summed E-state index contributed by atoms with van der Waals surface area (Å²) in [5.41, 5.74) is 4.37. The summed E-state index contributed by atoms with van der Waals surface area (Å²) in [4.78, 5) is 12.3. The van der Waals surface area contributed by atoms with Crippen LogP contribution in [0.5, 0.6) is 5.75 Å². The predicted molar refractivity (Wildman–Crippen MR) is 98.7 cm³/mol. The van der Waals surface area contributed by atoms with Gasteiger partial charge in [0.15, 0.2) is 0 Å². The van der Waals surface area contributed by atoms with Crippen molar-refractivity contribution in [3.63, 3.8) is 0 Å². The van der Waals surface area contributed by atoms with Crippen LogP contribution >= 0.6 is 0 Å². The summed E-state index contributed by atoms with van der Waals surface area (Å²) in [5, 5.41) is 4.42. The van der Waals surface area contributed by atoms with E-state index in [-0.39, 0.29) is 5.91 Å². The van der Waals surface area contributed by atoms with Crippen molar-refractivity contribution in [3.05, 3.63) is 29.8 Å². The van der Waals surface area contributed by atoms with Gasteiger partial charge in [0.1, 0.15) is 5.75 Å². The predicted octanol–water partition coefficient (Wildman–Crippen LogP) is 5.09. The van der Waals surface area contributed by atoms with Gasteiger partial charge in [0, 0.05) is 5.71 Å². The summed E-state index contributed by atoms with van der Waals surface area (Å²) in [6.07, 6.45) is 13.6. The van der Waals surface area contributed by atoms with E-state index >= 15 is 0 Å². The molecule has 1 N–H and O–H groups in total. The molecule has 0 saturated heterocycles. The summed E-state index contributed by atoms with van der Waals surface area (Å²) < 4.78 is 5.24. The lowest BCUT2D eigenvalue weighted by Gasteiger charge is -2.10. The third kappa shape index (κ3) is 6.34. The Morgan fingerprint density at radius 2 is 1.46 bits per heavy atom. The lowest BCUT2D eigenvalue weighted by atomic mass is 10.00. The first-order valence-electron chi connectivity index (χ1n) is 9.30. The third-order valence-corrected chi connectivity index (χ3v) is 4.60. The molecule has 0 spiro atoms. The average molecular weight is 330 g/mol. The molecule has 2 rings (SSSR count). The molecule has 1 amide bonds. The van der Waals surface area contributed by atoms with Gasteiger partial charge in [-0.15, -0.1) is 0 Å². The van der Waals surface area contributed by atoms with Crippen LogP contribution in [-0.4, -0.2) is 18.7 Å². The number of hydrogen-bond donors (Lipinski definition) is 1. The lowest BCUT2D eigenvalue weighted by molar-refractivity contribution is 0.0951. The first kappa shape index (κ1) is 18.5. The zero-order valence-corrected chi connectivity index (χ0v) is 14.9. The van der Waals surface area contributed by atoms with Crippen LogP contribution in [0.3, 0.4) is 0 Å². The highest BCUT2D eigenvalue weighted by atomic mass is 16.5. The molecule has 0 heterocycles. The van der Waals surface area contributed by atoms with Gasteiger partial charge < -0.3 is 4.74 Å². The Morgan fingerprint density at radius 1 is 0.917 bits per heavy atom. The van der Waals surface area contributed by atoms with Crippen molar-refractivity contribution in [1.82, 2.24) is 5.43 Å². The largest absolute Gasteiger partial charge is 0.496 e. The van der Waals surface area contributed by atoms with E-state index in [0.29, 0.717) is 11.3 Å². The number of para-hydroxylation sites is 1. The molecule has 4 nitrogen and oxygen atoms in total. The van der Waals surface area contributed by atoms with Gasteiger partial charge in [0.05, 0.1) is 12.7 Å². The van der Waals surface area contributed by atoms with Crippen molar-refractivity contribution in [2.24, 2.45) is 5.10 Å². The molecule has 0 aromatic heterocycles. The van der Waals surface area contributed by atoms with E-state index < -0.39 is 0 Å².